The normalized spacial score (nSPS) is 11.1. The Hall–Kier alpha value is -1.66. The van der Waals surface area contributed by atoms with Crippen molar-refractivity contribution in [2.45, 2.75) is 6.54 Å². The second-order valence-electron chi connectivity index (χ2n) is 4.25. The third kappa shape index (κ3) is 2.96. The lowest BCUT2D eigenvalue weighted by molar-refractivity contribution is 0.199. The molecule has 0 saturated carbocycles. The van der Waals surface area contributed by atoms with Crippen LogP contribution in [0, 0.1) is 0 Å². The Kier molecular flexibility index (Phi) is 4.11. The first kappa shape index (κ1) is 12.8. The molecular weight excluding hydrogens is 230 g/mol. The zero-order valence-electron chi connectivity index (χ0n) is 11.1. The van der Waals surface area contributed by atoms with Crippen LogP contribution in [0.3, 0.4) is 0 Å². The molecule has 98 valence electrons. The van der Waals surface area contributed by atoms with E-state index < -0.39 is 0 Å². The summed E-state index contributed by atoms with van der Waals surface area (Å²) in [5.41, 5.74) is 3.19. The third-order valence-electron chi connectivity index (χ3n) is 2.68. The van der Waals surface area contributed by atoms with Gasteiger partial charge in [-0.05, 0) is 0 Å². The molecule has 1 N–H and O–H groups in total. The summed E-state index contributed by atoms with van der Waals surface area (Å²) in [6.07, 6.45) is 5.84. The van der Waals surface area contributed by atoms with Gasteiger partial charge in [-0.2, -0.15) is 10.2 Å². The summed E-state index contributed by atoms with van der Waals surface area (Å²) in [4.78, 5) is 0. The maximum Gasteiger partial charge on any atom is 0.0999 e. The van der Waals surface area contributed by atoms with E-state index in [-0.39, 0.29) is 0 Å². The second kappa shape index (κ2) is 5.79. The standard InChI is InChI=1S/C12H19N5O/c1-16-8-11(7-14-16)12-10(9-17(2)15-12)6-13-4-5-18-3/h7-9,13H,4-6H2,1-3H3. The maximum atomic E-state index is 5.01. The molecule has 0 radical (unpaired) electrons. The van der Waals surface area contributed by atoms with E-state index in [9.17, 15) is 0 Å². The highest BCUT2D eigenvalue weighted by molar-refractivity contribution is 5.60. The Labute approximate surface area is 107 Å². The Bertz CT molecular complexity index is 502. The van der Waals surface area contributed by atoms with Crippen molar-refractivity contribution < 1.29 is 4.74 Å². The number of rotatable bonds is 6. The predicted molar refractivity (Wildman–Crippen MR) is 69.0 cm³/mol. The van der Waals surface area contributed by atoms with Gasteiger partial charge in [0.2, 0.25) is 0 Å². The van der Waals surface area contributed by atoms with Crippen molar-refractivity contribution in [2.75, 3.05) is 20.3 Å². The summed E-state index contributed by atoms with van der Waals surface area (Å²) >= 11 is 0. The minimum atomic E-state index is 0.711. The van der Waals surface area contributed by atoms with Gasteiger partial charge in [-0.3, -0.25) is 9.36 Å². The van der Waals surface area contributed by atoms with E-state index in [2.05, 4.69) is 15.5 Å². The Morgan fingerprint density at radius 3 is 2.78 bits per heavy atom. The molecule has 0 fully saturated rings. The van der Waals surface area contributed by atoms with E-state index >= 15 is 0 Å². The van der Waals surface area contributed by atoms with E-state index in [4.69, 9.17) is 4.74 Å². The van der Waals surface area contributed by atoms with Gasteiger partial charge in [0.1, 0.15) is 0 Å². The summed E-state index contributed by atoms with van der Waals surface area (Å²) in [6.45, 7) is 2.32. The van der Waals surface area contributed by atoms with Crippen LogP contribution < -0.4 is 5.32 Å². The molecule has 2 aromatic rings. The van der Waals surface area contributed by atoms with Crippen LogP contribution in [0.2, 0.25) is 0 Å². The van der Waals surface area contributed by atoms with E-state index in [0.29, 0.717) is 6.61 Å². The van der Waals surface area contributed by atoms with Gasteiger partial charge in [0.05, 0.1) is 18.5 Å². The average molecular weight is 249 g/mol. The molecule has 0 saturated heterocycles. The van der Waals surface area contributed by atoms with E-state index in [1.807, 2.05) is 37.4 Å². The molecule has 0 aromatic carbocycles. The average Bonchev–Trinajstić information content (AvgIpc) is 2.91. The van der Waals surface area contributed by atoms with Gasteiger partial charge in [-0.25, -0.2) is 0 Å². The molecule has 0 spiro atoms. The van der Waals surface area contributed by atoms with Crippen LogP contribution in [-0.4, -0.2) is 39.8 Å². The molecule has 2 rings (SSSR count). The van der Waals surface area contributed by atoms with Crippen LogP contribution in [0.25, 0.3) is 11.3 Å². The minimum Gasteiger partial charge on any atom is -0.383 e. The molecule has 0 aliphatic carbocycles. The van der Waals surface area contributed by atoms with Gasteiger partial charge in [-0.1, -0.05) is 0 Å². The summed E-state index contributed by atoms with van der Waals surface area (Å²) in [5.74, 6) is 0. The summed E-state index contributed by atoms with van der Waals surface area (Å²) in [6, 6.07) is 0. The molecule has 0 amide bonds. The summed E-state index contributed by atoms with van der Waals surface area (Å²) in [7, 11) is 5.54. The second-order valence-corrected chi connectivity index (χ2v) is 4.25. The highest BCUT2D eigenvalue weighted by Crippen LogP contribution is 2.20. The first-order valence-corrected chi connectivity index (χ1v) is 5.92. The number of methoxy groups -OCH3 is 1. The fraction of sp³-hybridized carbons (Fsp3) is 0.500. The van der Waals surface area contributed by atoms with Gasteiger partial charge in [0.25, 0.3) is 0 Å². The van der Waals surface area contributed by atoms with Crippen molar-refractivity contribution in [3.63, 3.8) is 0 Å². The third-order valence-corrected chi connectivity index (χ3v) is 2.68. The van der Waals surface area contributed by atoms with Crippen LogP contribution >= 0.6 is 0 Å². The number of ether oxygens (including phenoxy) is 1. The summed E-state index contributed by atoms with van der Waals surface area (Å²) in [5, 5.41) is 12.0. The maximum absolute atomic E-state index is 5.01. The minimum absolute atomic E-state index is 0.711. The van der Waals surface area contributed by atoms with Crippen LogP contribution in [-0.2, 0) is 25.4 Å². The van der Waals surface area contributed by atoms with E-state index in [0.717, 1.165) is 24.3 Å². The topological polar surface area (TPSA) is 56.9 Å². The number of nitrogens with zero attached hydrogens (tertiary/aromatic N) is 4. The molecule has 2 heterocycles. The Morgan fingerprint density at radius 1 is 1.28 bits per heavy atom. The zero-order valence-corrected chi connectivity index (χ0v) is 11.1. The monoisotopic (exact) mass is 249 g/mol. The quantitative estimate of drug-likeness (QED) is 0.760. The van der Waals surface area contributed by atoms with Crippen molar-refractivity contribution in [3.8, 4) is 11.3 Å². The highest BCUT2D eigenvalue weighted by atomic mass is 16.5. The van der Waals surface area contributed by atoms with Crippen molar-refractivity contribution in [1.82, 2.24) is 24.9 Å². The first-order chi connectivity index (χ1) is 8.70. The zero-order chi connectivity index (χ0) is 13.0. The van der Waals surface area contributed by atoms with Gasteiger partial charge in [0.15, 0.2) is 0 Å². The van der Waals surface area contributed by atoms with E-state index in [1.165, 1.54) is 5.56 Å². The number of aryl methyl sites for hydroxylation is 2. The van der Waals surface area contributed by atoms with Crippen LogP contribution in [0.1, 0.15) is 5.56 Å². The fourth-order valence-corrected chi connectivity index (χ4v) is 1.85. The molecule has 0 unspecified atom stereocenters. The van der Waals surface area contributed by atoms with Crippen molar-refractivity contribution in [3.05, 3.63) is 24.2 Å². The molecular formula is C12H19N5O. The van der Waals surface area contributed by atoms with Gasteiger partial charge in [0, 0.05) is 57.8 Å². The SMILES string of the molecule is COCCNCc1cn(C)nc1-c1cnn(C)c1. The molecule has 2 aromatic heterocycles. The number of nitrogens with one attached hydrogen (secondary N) is 1. The Morgan fingerprint density at radius 2 is 2.11 bits per heavy atom. The van der Waals surface area contributed by atoms with Gasteiger partial charge in [-0.15, -0.1) is 0 Å². The van der Waals surface area contributed by atoms with Gasteiger partial charge >= 0.3 is 0 Å². The lowest BCUT2D eigenvalue weighted by atomic mass is 10.1. The van der Waals surface area contributed by atoms with Crippen LogP contribution in [0.4, 0.5) is 0 Å². The molecule has 0 aliphatic heterocycles. The van der Waals surface area contributed by atoms with Gasteiger partial charge < -0.3 is 10.1 Å². The molecule has 18 heavy (non-hydrogen) atoms. The van der Waals surface area contributed by atoms with Crippen LogP contribution in [0.5, 0.6) is 0 Å². The molecule has 6 heteroatoms. The fourth-order valence-electron chi connectivity index (χ4n) is 1.85. The largest absolute Gasteiger partial charge is 0.383 e. The number of hydrogen-bond acceptors (Lipinski definition) is 4. The van der Waals surface area contributed by atoms with Crippen molar-refractivity contribution >= 4 is 0 Å². The number of aromatic nitrogens is 4. The molecule has 0 bridgehead atoms. The first-order valence-electron chi connectivity index (χ1n) is 5.92. The molecule has 6 nitrogen and oxygen atoms in total. The Balaban J connectivity index is 2.10. The predicted octanol–water partition coefficient (Wildman–Crippen LogP) is 0.557. The van der Waals surface area contributed by atoms with E-state index in [1.54, 1.807) is 11.8 Å². The lowest BCUT2D eigenvalue weighted by Crippen LogP contribution is -2.18. The molecule has 0 atom stereocenters. The van der Waals surface area contributed by atoms with Crippen molar-refractivity contribution in [2.24, 2.45) is 14.1 Å². The molecule has 0 aliphatic rings. The number of hydrogen-bond donors (Lipinski definition) is 1. The summed E-state index contributed by atoms with van der Waals surface area (Å²) < 4.78 is 8.62. The van der Waals surface area contributed by atoms with Crippen LogP contribution in [0.15, 0.2) is 18.6 Å². The lowest BCUT2D eigenvalue weighted by Gasteiger charge is -2.03. The smallest absolute Gasteiger partial charge is 0.0999 e. The highest BCUT2D eigenvalue weighted by Gasteiger charge is 2.11. The van der Waals surface area contributed by atoms with Crippen molar-refractivity contribution in [1.29, 1.82) is 0 Å².